The summed E-state index contributed by atoms with van der Waals surface area (Å²) in [5.74, 6) is 1.17. The van der Waals surface area contributed by atoms with Crippen LogP contribution in [0.4, 0.5) is 0 Å². The van der Waals surface area contributed by atoms with E-state index in [-0.39, 0.29) is 5.54 Å². The molecule has 2 nitrogen and oxygen atoms in total. The van der Waals surface area contributed by atoms with Crippen LogP contribution in [0, 0.1) is 5.41 Å². The highest BCUT2D eigenvalue weighted by Gasteiger charge is 2.25. The molecule has 14 heavy (non-hydrogen) atoms. The van der Waals surface area contributed by atoms with Gasteiger partial charge in [-0.3, -0.25) is 4.99 Å². The Bertz CT molecular complexity index is 231. The first-order chi connectivity index (χ1) is 6.35. The van der Waals surface area contributed by atoms with Crippen molar-refractivity contribution < 1.29 is 0 Å². The van der Waals surface area contributed by atoms with Gasteiger partial charge in [-0.1, -0.05) is 32.5 Å². The smallest absolute Gasteiger partial charge is 0.156 e. The molecule has 82 valence electrons. The summed E-state index contributed by atoms with van der Waals surface area (Å²) in [6, 6.07) is 0. The third kappa shape index (κ3) is 3.52. The van der Waals surface area contributed by atoms with Crippen LogP contribution < -0.4 is 5.32 Å². The van der Waals surface area contributed by atoms with E-state index in [2.05, 4.69) is 44.9 Å². The van der Waals surface area contributed by atoms with Gasteiger partial charge >= 0.3 is 0 Å². The predicted octanol–water partition coefficient (Wildman–Crippen LogP) is 2.89. The summed E-state index contributed by atoms with van der Waals surface area (Å²) in [5, 5.41) is 4.62. The van der Waals surface area contributed by atoms with Crippen molar-refractivity contribution in [3.63, 3.8) is 0 Å². The standard InChI is InChI=1S/C11H22N2S/c1-6-11(4,5)13-9-12-7-10(2,3)8-14-9/h6-8H2,1-5H3,(H,12,13). The molecule has 0 aromatic rings. The molecule has 0 spiro atoms. The van der Waals surface area contributed by atoms with Gasteiger partial charge in [-0.2, -0.15) is 0 Å². The molecule has 0 atom stereocenters. The Hall–Kier alpha value is -0.180. The van der Waals surface area contributed by atoms with E-state index >= 15 is 0 Å². The molecule has 0 saturated heterocycles. The molecule has 0 aliphatic carbocycles. The zero-order valence-corrected chi connectivity index (χ0v) is 10.8. The summed E-state index contributed by atoms with van der Waals surface area (Å²) in [5.41, 5.74) is 0.541. The summed E-state index contributed by atoms with van der Waals surface area (Å²) in [6.45, 7) is 12.1. The van der Waals surface area contributed by atoms with E-state index in [0.717, 1.165) is 18.1 Å². The number of hydrogen-bond acceptors (Lipinski definition) is 3. The van der Waals surface area contributed by atoms with E-state index in [4.69, 9.17) is 0 Å². The van der Waals surface area contributed by atoms with Gasteiger partial charge in [0.05, 0.1) is 0 Å². The molecule has 0 fully saturated rings. The van der Waals surface area contributed by atoms with Crippen molar-refractivity contribution >= 4 is 16.9 Å². The minimum absolute atomic E-state index is 0.174. The molecular weight excluding hydrogens is 192 g/mol. The first kappa shape index (κ1) is 11.9. The summed E-state index contributed by atoms with van der Waals surface area (Å²) in [4.78, 5) is 4.58. The maximum Gasteiger partial charge on any atom is 0.156 e. The second-order valence-corrected chi connectivity index (χ2v) is 6.40. The first-order valence-corrected chi connectivity index (χ1v) is 6.29. The summed E-state index contributed by atoms with van der Waals surface area (Å²) >= 11 is 1.85. The molecule has 1 N–H and O–H groups in total. The lowest BCUT2D eigenvalue weighted by atomic mass is 9.97. The van der Waals surface area contributed by atoms with Crippen LogP contribution in [0.25, 0.3) is 0 Å². The highest BCUT2D eigenvalue weighted by atomic mass is 32.2. The molecule has 0 radical (unpaired) electrons. The van der Waals surface area contributed by atoms with Crippen LogP contribution in [0.15, 0.2) is 4.99 Å². The SMILES string of the molecule is CCC(C)(C)NC1=NCC(C)(C)CS1. The number of rotatable bonds is 2. The van der Waals surface area contributed by atoms with Crippen molar-refractivity contribution in [3.05, 3.63) is 0 Å². The average molecular weight is 214 g/mol. The minimum Gasteiger partial charge on any atom is -0.360 e. The van der Waals surface area contributed by atoms with Crippen LogP contribution in [-0.2, 0) is 0 Å². The minimum atomic E-state index is 0.174. The number of hydrogen-bond donors (Lipinski definition) is 1. The molecule has 1 rings (SSSR count). The second kappa shape index (κ2) is 4.13. The van der Waals surface area contributed by atoms with Crippen LogP contribution in [0.2, 0.25) is 0 Å². The average Bonchev–Trinajstić information content (AvgIpc) is 2.09. The molecule has 1 aliphatic heterocycles. The first-order valence-electron chi connectivity index (χ1n) is 5.30. The van der Waals surface area contributed by atoms with Gasteiger partial charge in [-0.25, -0.2) is 0 Å². The van der Waals surface area contributed by atoms with E-state index in [1.54, 1.807) is 0 Å². The molecule has 1 aliphatic rings. The monoisotopic (exact) mass is 214 g/mol. The Labute approximate surface area is 92.0 Å². The maximum atomic E-state index is 4.58. The van der Waals surface area contributed by atoms with Gasteiger partial charge in [-0.15, -0.1) is 0 Å². The van der Waals surface area contributed by atoms with Crippen LogP contribution >= 0.6 is 11.8 Å². The number of nitrogens with zero attached hydrogens (tertiary/aromatic N) is 1. The van der Waals surface area contributed by atoms with Gasteiger partial charge in [0.2, 0.25) is 0 Å². The largest absolute Gasteiger partial charge is 0.360 e. The molecule has 0 saturated carbocycles. The Morgan fingerprint density at radius 1 is 1.50 bits per heavy atom. The lowest BCUT2D eigenvalue weighted by Crippen LogP contribution is -2.43. The number of aliphatic imine (C=N–C) groups is 1. The normalized spacial score (nSPS) is 21.6. The molecule has 3 heteroatoms. The topological polar surface area (TPSA) is 24.4 Å². The lowest BCUT2D eigenvalue weighted by Gasteiger charge is -2.32. The van der Waals surface area contributed by atoms with Gasteiger partial charge in [0.15, 0.2) is 5.17 Å². The zero-order valence-electron chi connectivity index (χ0n) is 9.98. The van der Waals surface area contributed by atoms with E-state index in [0.29, 0.717) is 5.41 Å². The molecule has 0 aromatic carbocycles. The van der Waals surface area contributed by atoms with E-state index in [1.165, 1.54) is 5.75 Å². The van der Waals surface area contributed by atoms with Crippen molar-refractivity contribution in [2.75, 3.05) is 12.3 Å². The molecule has 0 aromatic heterocycles. The second-order valence-electron chi connectivity index (χ2n) is 5.44. The zero-order chi connectivity index (χ0) is 10.8. The highest BCUT2D eigenvalue weighted by Crippen LogP contribution is 2.27. The fourth-order valence-electron chi connectivity index (χ4n) is 1.09. The fraction of sp³-hybridized carbons (Fsp3) is 0.909. The van der Waals surface area contributed by atoms with Gasteiger partial charge < -0.3 is 5.32 Å². The third-order valence-electron chi connectivity index (χ3n) is 2.58. The van der Waals surface area contributed by atoms with Crippen LogP contribution in [-0.4, -0.2) is 23.0 Å². The third-order valence-corrected chi connectivity index (χ3v) is 4.01. The summed E-state index contributed by atoms with van der Waals surface area (Å²) < 4.78 is 0. The summed E-state index contributed by atoms with van der Waals surface area (Å²) in [6.07, 6.45) is 1.12. The van der Waals surface area contributed by atoms with E-state index in [9.17, 15) is 0 Å². The van der Waals surface area contributed by atoms with Crippen molar-refractivity contribution in [2.45, 2.75) is 46.6 Å². The molecular formula is C11H22N2S. The van der Waals surface area contributed by atoms with Crippen molar-refractivity contribution in [2.24, 2.45) is 10.4 Å². The molecule has 0 unspecified atom stereocenters. The Kier molecular flexibility index (Phi) is 3.51. The molecule has 0 amide bonds. The number of amidine groups is 1. The van der Waals surface area contributed by atoms with Crippen molar-refractivity contribution in [1.82, 2.24) is 5.32 Å². The van der Waals surface area contributed by atoms with Gasteiger partial charge in [0.1, 0.15) is 0 Å². The molecule has 1 heterocycles. The van der Waals surface area contributed by atoms with E-state index in [1.807, 2.05) is 11.8 Å². The lowest BCUT2D eigenvalue weighted by molar-refractivity contribution is 0.424. The van der Waals surface area contributed by atoms with Crippen LogP contribution in [0.1, 0.15) is 41.0 Å². The van der Waals surface area contributed by atoms with Crippen molar-refractivity contribution in [3.8, 4) is 0 Å². The number of nitrogens with one attached hydrogen (secondary N) is 1. The summed E-state index contributed by atoms with van der Waals surface area (Å²) in [7, 11) is 0. The highest BCUT2D eigenvalue weighted by molar-refractivity contribution is 8.13. The van der Waals surface area contributed by atoms with Gasteiger partial charge in [0, 0.05) is 17.8 Å². The Morgan fingerprint density at radius 2 is 2.14 bits per heavy atom. The quantitative estimate of drug-likeness (QED) is 0.764. The van der Waals surface area contributed by atoms with Crippen LogP contribution in [0.3, 0.4) is 0 Å². The van der Waals surface area contributed by atoms with Gasteiger partial charge in [0.25, 0.3) is 0 Å². The number of thioether (sulfide) groups is 1. The molecule has 0 bridgehead atoms. The maximum absolute atomic E-state index is 4.58. The van der Waals surface area contributed by atoms with E-state index < -0.39 is 0 Å². The Balaban J connectivity index is 2.53. The van der Waals surface area contributed by atoms with Crippen LogP contribution in [0.5, 0.6) is 0 Å². The Morgan fingerprint density at radius 3 is 2.57 bits per heavy atom. The predicted molar refractivity (Wildman–Crippen MR) is 66.0 cm³/mol. The fourth-order valence-corrected chi connectivity index (χ4v) is 2.22. The van der Waals surface area contributed by atoms with Crippen molar-refractivity contribution in [1.29, 1.82) is 0 Å². The van der Waals surface area contributed by atoms with Gasteiger partial charge in [-0.05, 0) is 25.7 Å².